The highest BCUT2D eigenvalue weighted by molar-refractivity contribution is 6.11. The van der Waals surface area contributed by atoms with Crippen LogP contribution in [0.15, 0.2) is 66.7 Å². The van der Waals surface area contributed by atoms with Gasteiger partial charge in [0, 0.05) is 39.4 Å². The molecular formula is C28H30O8. The Labute approximate surface area is 210 Å². The van der Waals surface area contributed by atoms with E-state index < -0.39 is 5.78 Å². The van der Waals surface area contributed by atoms with Crippen molar-refractivity contribution in [1.82, 2.24) is 0 Å². The molecule has 0 aliphatic heterocycles. The zero-order valence-corrected chi connectivity index (χ0v) is 20.6. The molecule has 8 nitrogen and oxygen atoms in total. The van der Waals surface area contributed by atoms with Gasteiger partial charge in [0.2, 0.25) is 0 Å². The van der Waals surface area contributed by atoms with Crippen LogP contribution in [0.4, 0.5) is 0 Å². The van der Waals surface area contributed by atoms with Crippen molar-refractivity contribution in [3.05, 3.63) is 89.0 Å². The third-order valence-electron chi connectivity index (χ3n) is 5.11. The van der Waals surface area contributed by atoms with Crippen molar-refractivity contribution in [2.45, 2.75) is 6.42 Å². The van der Waals surface area contributed by atoms with E-state index in [0.29, 0.717) is 23.5 Å². The summed E-state index contributed by atoms with van der Waals surface area (Å²) in [4.78, 5) is 13.3. The minimum atomic E-state index is -0.439. The number of allylic oxidation sites excluding steroid dienone is 1. The van der Waals surface area contributed by atoms with Gasteiger partial charge in [-0.25, -0.2) is 0 Å². The molecule has 3 rings (SSSR count). The lowest BCUT2D eigenvalue weighted by atomic mass is 9.97. The number of aromatic hydroxyl groups is 1. The van der Waals surface area contributed by atoms with Crippen molar-refractivity contribution in [1.29, 1.82) is 0 Å². The monoisotopic (exact) mass is 494 g/mol. The fraction of sp³-hybridized carbons (Fsp3) is 0.250. The van der Waals surface area contributed by atoms with Gasteiger partial charge in [-0.1, -0.05) is 48.5 Å². The van der Waals surface area contributed by atoms with E-state index in [4.69, 9.17) is 28.4 Å². The van der Waals surface area contributed by atoms with E-state index in [1.54, 1.807) is 43.5 Å². The Morgan fingerprint density at radius 3 is 2.06 bits per heavy atom. The zero-order chi connectivity index (χ0) is 25.8. The van der Waals surface area contributed by atoms with E-state index in [-0.39, 0.29) is 37.4 Å². The van der Waals surface area contributed by atoms with E-state index in [1.807, 2.05) is 30.3 Å². The highest BCUT2D eigenvalue weighted by atomic mass is 16.7. The Kier molecular flexibility index (Phi) is 10.3. The second kappa shape index (κ2) is 13.9. The molecule has 0 aliphatic carbocycles. The number of ketones is 1. The summed E-state index contributed by atoms with van der Waals surface area (Å²) < 4.78 is 31.7. The minimum Gasteiger partial charge on any atom is -0.507 e. The Morgan fingerprint density at radius 1 is 0.806 bits per heavy atom. The predicted octanol–water partition coefficient (Wildman–Crippen LogP) is 4.83. The standard InChI is InChI=1S/C28H30O8/c1-31-17-34-22-12-9-20(10-13-22)11-14-24(29)27-26(36-19-33-3)16-25(35-18-32-2)23(28(27)30)15-21-7-5-4-6-8-21/h4-14,16,30H,15,17-19H2,1-3H3/b14-11+. The van der Waals surface area contributed by atoms with E-state index in [0.717, 1.165) is 11.1 Å². The van der Waals surface area contributed by atoms with Crippen LogP contribution < -0.4 is 14.2 Å². The van der Waals surface area contributed by atoms with Crippen molar-refractivity contribution in [2.24, 2.45) is 0 Å². The summed E-state index contributed by atoms with van der Waals surface area (Å²) in [6, 6.07) is 18.3. The van der Waals surface area contributed by atoms with Crippen LogP contribution in [0.25, 0.3) is 6.08 Å². The third-order valence-corrected chi connectivity index (χ3v) is 5.11. The molecule has 190 valence electrons. The van der Waals surface area contributed by atoms with E-state index in [9.17, 15) is 9.90 Å². The molecule has 0 fully saturated rings. The van der Waals surface area contributed by atoms with Crippen molar-refractivity contribution in [3.8, 4) is 23.0 Å². The Morgan fingerprint density at radius 2 is 1.42 bits per heavy atom. The average molecular weight is 495 g/mol. The highest BCUT2D eigenvalue weighted by Crippen LogP contribution is 2.40. The lowest BCUT2D eigenvalue weighted by molar-refractivity contribution is 0.0449. The van der Waals surface area contributed by atoms with E-state index in [2.05, 4.69) is 0 Å². The average Bonchev–Trinajstić information content (AvgIpc) is 2.91. The zero-order valence-electron chi connectivity index (χ0n) is 20.6. The predicted molar refractivity (Wildman–Crippen MR) is 135 cm³/mol. The van der Waals surface area contributed by atoms with Gasteiger partial charge >= 0.3 is 0 Å². The van der Waals surface area contributed by atoms with Crippen molar-refractivity contribution in [3.63, 3.8) is 0 Å². The third kappa shape index (κ3) is 7.32. The van der Waals surface area contributed by atoms with E-state index in [1.165, 1.54) is 20.3 Å². The molecule has 0 saturated carbocycles. The SMILES string of the molecule is COCOc1ccc(/C=C/C(=O)c2c(OCOC)cc(OCOC)c(Cc3ccccc3)c2O)cc1. The molecular weight excluding hydrogens is 464 g/mol. The maximum absolute atomic E-state index is 13.3. The molecule has 3 aromatic carbocycles. The van der Waals surface area contributed by atoms with E-state index >= 15 is 0 Å². The second-order valence-corrected chi connectivity index (χ2v) is 7.66. The topological polar surface area (TPSA) is 92.7 Å². The molecule has 0 atom stereocenters. The first-order valence-corrected chi connectivity index (χ1v) is 11.2. The van der Waals surface area contributed by atoms with Gasteiger partial charge in [0.1, 0.15) is 28.6 Å². The number of phenolic OH excluding ortho intramolecular Hbond substituents is 1. The van der Waals surface area contributed by atoms with Crippen LogP contribution in [0.5, 0.6) is 23.0 Å². The number of ether oxygens (including phenoxy) is 6. The Hall–Kier alpha value is -3.85. The van der Waals surface area contributed by atoms with Gasteiger partial charge in [-0.05, 0) is 29.3 Å². The summed E-state index contributed by atoms with van der Waals surface area (Å²) in [5, 5.41) is 11.3. The number of benzene rings is 3. The van der Waals surface area contributed by atoms with Gasteiger partial charge in [0.05, 0.1) is 0 Å². The summed E-state index contributed by atoms with van der Waals surface area (Å²) >= 11 is 0. The van der Waals surface area contributed by atoms with Crippen molar-refractivity contribution in [2.75, 3.05) is 41.7 Å². The molecule has 0 bridgehead atoms. The van der Waals surface area contributed by atoms with Gasteiger partial charge in [0.15, 0.2) is 26.2 Å². The molecule has 0 radical (unpaired) electrons. The van der Waals surface area contributed by atoms with Crippen LogP contribution in [-0.4, -0.2) is 52.6 Å². The number of carbonyl (C=O) groups is 1. The number of methoxy groups -OCH3 is 3. The van der Waals surface area contributed by atoms with Crippen LogP contribution in [0.1, 0.15) is 27.0 Å². The van der Waals surface area contributed by atoms with Crippen LogP contribution in [0, 0.1) is 0 Å². The Balaban J connectivity index is 1.97. The summed E-state index contributed by atoms with van der Waals surface area (Å²) in [5.41, 5.74) is 2.17. The smallest absolute Gasteiger partial charge is 0.193 e. The quantitative estimate of drug-likeness (QED) is 0.194. The molecule has 0 aliphatic rings. The number of rotatable bonds is 14. The van der Waals surface area contributed by atoms with Crippen LogP contribution >= 0.6 is 0 Å². The van der Waals surface area contributed by atoms with Crippen LogP contribution in [0.2, 0.25) is 0 Å². The highest BCUT2D eigenvalue weighted by Gasteiger charge is 2.24. The maximum atomic E-state index is 13.3. The molecule has 0 unspecified atom stereocenters. The van der Waals surface area contributed by atoms with Crippen LogP contribution in [0.3, 0.4) is 0 Å². The molecule has 1 N–H and O–H groups in total. The lowest BCUT2D eigenvalue weighted by Gasteiger charge is -2.18. The summed E-state index contributed by atoms with van der Waals surface area (Å²) in [7, 11) is 4.51. The number of hydrogen-bond acceptors (Lipinski definition) is 8. The number of carbonyl (C=O) groups excluding carboxylic acids is 1. The second-order valence-electron chi connectivity index (χ2n) is 7.66. The number of hydrogen-bond donors (Lipinski definition) is 1. The summed E-state index contributed by atoms with van der Waals surface area (Å²) in [6.07, 6.45) is 3.36. The molecule has 0 heterocycles. The molecule has 36 heavy (non-hydrogen) atoms. The largest absolute Gasteiger partial charge is 0.507 e. The minimum absolute atomic E-state index is 0.0130. The molecule has 0 amide bonds. The van der Waals surface area contributed by atoms with Gasteiger partial charge in [0.25, 0.3) is 0 Å². The fourth-order valence-corrected chi connectivity index (χ4v) is 3.42. The van der Waals surface area contributed by atoms with Gasteiger partial charge in [-0.15, -0.1) is 0 Å². The fourth-order valence-electron chi connectivity index (χ4n) is 3.42. The molecule has 0 spiro atoms. The molecule has 0 saturated heterocycles. The lowest BCUT2D eigenvalue weighted by Crippen LogP contribution is -2.09. The summed E-state index contributed by atoms with van der Waals surface area (Å²) in [5.74, 6) is 0.458. The summed E-state index contributed by atoms with van der Waals surface area (Å²) in [6.45, 7) is -0.0110. The first-order valence-electron chi connectivity index (χ1n) is 11.2. The van der Waals surface area contributed by atoms with Gasteiger partial charge in [-0.2, -0.15) is 0 Å². The van der Waals surface area contributed by atoms with Crippen LogP contribution in [-0.2, 0) is 20.6 Å². The maximum Gasteiger partial charge on any atom is 0.193 e. The van der Waals surface area contributed by atoms with Crippen molar-refractivity contribution >= 4 is 11.9 Å². The normalized spacial score (nSPS) is 11.0. The number of phenols is 1. The van der Waals surface area contributed by atoms with Gasteiger partial charge < -0.3 is 33.5 Å². The molecule has 0 aromatic heterocycles. The first kappa shape index (κ1) is 26.7. The van der Waals surface area contributed by atoms with Gasteiger partial charge in [-0.3, -0.25) is 4.79 Å². The molecule has 3 aromatic rings. The Bertz CT molecular complexity index is 1140. The molecule has 8 heteroatoms. The first-order chi connectivity index (χ1) is 17.6. The van der Waals surface area contributed by atoms with Crippen molar-refractivity contribution < 1.29 is 38.3 Å².